The lowest BCUT2D eigenvalue weighted by Crippen LogP contribution is -2.27. The van der Waals surface area contributed by atoms with Crippen LogP contribution in [-0.2, 0) is 5.41 Å². The lowest BCUT2D eigenvalue weighted by molar-refractivity contribution is 0.326. The lowest BCUT2D eigenvalue weighted by atomic mass is 9.76. The summed E-state index contributed by atoms with van der Waals surface area (Å²) < 4.78 is 0. The third kappa shape index (κ3) is 2.09. The first-order valence-corrected chi connectivity index (χ1v) is 5.00. The van der Waals surface area contributed by atoms with E-state index in [1.807, 2.05) is 12.3 Å². The van der Waals surface area contributed by atoms with Gasteiger partial charge in [0, 0.05) is 17.3 Å². The van der Waals surface area contributed by atoms with Gasteiger partial charge in [0.25, 0.3) is 0 Å². The topological polar surface area (TPSA) is 12.9 Å². The van der Waals surface area contributed by atoms with Gasteiger partial charge in [-0.2, -0.15) is 0 Å². The molecule has 1 heterocycles. The second kappa shape index (κ2) is 3.91. The highest BCUT2D eigenvalue weighted by Crippen LogP contribution is 2.31. The molecule has 0 aromatic carbocycles. The summed E-state index contributed by atoms with van der Waals surface area (Å²) in [4.78, 5) is 4.42. The normalized spacial score (nSPS) is 14.2. The molecule has 1 atom stereocenters. The Bertz CT molecular complexity index is 251. The number of hydrogen-bond donors (Lipinski definition) is 0. The van der Waals surface area contributed by atoms with Gasteiger partial charge in [-0.1, -0.05) is 40.2 Å². The first kappa shape index (κ1) is 10.2. The van der Waals surface area contributed by atoms with Gasteiger partial charge in [0.1, 0.15) is 0 Å². The van der Waals surface area contributed by atoms with Crippen LogP contribution in [0.15, 0.2) is 24.4 Å². The van der Waals surface area contributed by atoms with Gasteiger partial charge in [0.05, 0.1) is 0 Å². The minimum absolute atomic E-state index is 0.190. The van der Waals surface area contributed by atoms with Crippen LogP contribution in [0.1, 0.15) is 39.8 Å². The molecule has 0 aliphatic heterocycles. The van der Waals surface area contributed by atoms with Gasteiger partial charge in [0.2, 0.25) is 0 Å². The van der Waals surface area contributed by atoms with Gasteiger partial charge < -0.3 is 0 Å². The van der Waals surface area contributed by atoms with Crippen LogP contribution in [0.5, 0.6) is 0 Å². The van der Waals surface area contributed by atoms with Crippen LogP contribution >= 0.6 is 0 Å². The number of pyridine rings is 1. The van der Waals surface area contributed by atoms with Crippen LogP contribution in [0.4, 0.5) is 0 Å². The largest absolute Gasteiger partial charge is 0.261 e. The second-order valence-electron chi connectivity index (χ2n) is 4.25. The summed E-state index contributed by atoms with van der Waals surface area (Å²) in [5.74, 6) is 0.669. The highest BCUT2D eigenvalue weighted by molar-refractivity contribution is 5.15. The fourth-order valence-electron chi connectivity index (χ4n) is 1.51. The molecular weight excluding hydrogens is 158 g/mol. The van der Waals surface area contributed by atoms with E-state index >= 15 is 0 Å². The smallest absolute Gasteiger partial charge is 0.0462 e. The van der Waals surface area contributed by atoms with Crippen LogP contribution < -0.4 is 0 Å². The quantitative estimate of drug-likeness (QED) is 0.689. The molecule has 0 saturated carbocycles. The maximum atomic E-state index is 4.42. The van der Waals surface area contributed by atoms with E-state index in [0.717, 1.165) is 0 Å². The molecule has 72 valence electrons. The van der Waals surface area contributed by atoms with Crippen LogP contribution in [0.2, 0.25) is 0 Å². The van der Waals surface area contributed by atoms with Crippen molar-refractivity contribution in [1.82, 2.24) is 4.98 Å². The van der Waals surface area contributed by atoms with Crippen LogP contribution in [-0.4, -0.2) is 4.98 Å². The molecular formula is C12H19N. The number of rotatable bonds is 3. The predicted molar refractivity (Wildman–Crippen MR) is 56.7 cm³/mol. The maximum Gasteiger partial charge on any atom is 0.0462 e. The average Bonchev–Trinajstić information content (AvgIpc) is 2.18. The molecule has 1 aromatic rings. The minimum Gasteiger partial charge on any atom is -0.261 e. The van der Waals surface area contributed by atoms with Gasteiger partial charge in [-0.3, -0.25) is 4.98 Å². The first-order chi connectivity index (χ1) is 6.09. The lowest BCUT2D eigenvalue weighted by Gasteiger charge is -2.30. The van der Waals surface area contributed by atoms with E-state index in [1.54, 1.807) is 0 Å². The summed E-state index contributed by atoms with van der Waals surface area (Å²) in [5, 5.41) is 0. The Hall–Kier alpha value is -0.850. The van der Waals surface area contributed by atoms with Crippen LogP contribution in [0, 0.1) is 5.92 Å². The second-order valence-corrected chi connectivity index (χ2v) is 4.25. The number of aromatic nitrogens is 1. The van der Waals surface area contributed by atoms with E-state index in [9.17, 15) is 0 Å². The highest BCUT2D eigenvalue weighted by Gasteiger charge is 2.27. The van der Waals surface area contributed by atoms with Gasteiger partial charge in [-0.05, 0) is 18.1 Å². The molecule has 1 nitrogen and oxygen atoms in total. The Kier molecular flexibility index (Phi) is 3.07. The van der Waals surface area contributed by atoms with Gasteiger partial charge in [-0.15, -0.1) is 0 Å². The first-order valence-electron chi connectivity index (χ1n) is 5.00. The maximum absolute atomic E-state index is 4.42. The van der Waals surface area contributed by atoms with Crippen LogP contribution in [0.25, 0.3) is 0 Å². The zero-order valence-electron chi connectivity index (χ0n) is 9.04. The third-order valence-electron chi connectivity index (χ3n) is 3.17. The zero-order chi connectivity index (χ0) is 9.90. The molecule has 0 spiro atoms. The molecule has 1 heteroatoms. The molecule has 1 rings (SSSR count). The van der Waals surface area contributed by atoms with Crippen molar-refractivity contribution in [1.29, 1.82) is 0 Å². The molecule has 13 heavy (non-hydrogen) atoms. The van der Waals surface area contributed by atoms with Gasteiger partial charge in [0.15, 0.2) is 0 Å². The Balaban J connectivity index is 2.93. The summed E-state index contributed by atoms with van der Waals surface area (Å²) >= 11 is 0. The van der Waals surface area contributed by atoms with Gasteiger partial charge in [-0.25, -0.2) is 0 Å². The Morgan fingerprint density at radius 3 is 2.54 bits per heavy atom. The highest BCUT2D eigenvalue weighted by atomic mass is 14.7. The fraction of sp³-hybridized carbons (Fsp3) is 0.583. The third-order valence-corrected chi connectivity index (χ3v) is 3.17. The minimum atomic E-state index is 0.190. The summed E-state index contributed by atoms with van der Waals surface area (Å²) in [5.41, 5.74) is 1.39. The Labute approximate surface area is 81.2 Å². The summed E-state index contributed by atoms with van der Waals surface area (Å²) in [6.45, 7) is 9.05. The van der Waals surface area contributed by atoms with E-state index in [1.165, 1.54) is 12.1 Å². The van der Waals surface area contributed by atoms with Crippen molar-refractivity contribution in [2.75, 3.05) is 0 Å². The summed E-state index contributed by atoms with van der Waals surface area (Å²) in [6.07, 6.45) is 3.07. The zero-order valence-corrected chi connectivity index (χ0v) is 9.04. The standard InChI is InChI=1S/C12H19N/c1-5-10(2)12(3,4)11-8-6-7-9-13-11/h6-10H,5H2,1-4H3. The number of nitrogens with zero attached hydrogens (tertiary/aromatic N) is 1. The fourth-order valence-corrected chi connectivity index (χ4v) is 1.51. The monoisotopic (exact) mass is 177 g/mol. The van der Waals surface area contributed by atoms with Crippen molar-refractivity contribution in [2.45, 2.75) is 39.5 Å². The molecule has 0 saturated heterocycles. The molecule has 1 aromatic heterocycles. The Morgan fingerprint density at radius 2 is 2.08 bits per heavy atom. The van der Waals surface area contributed by atoms with E-state index in [2.05, 4.69) is 44.8 Å². The average molecular weight is 177 g/mol. The molecule has 0 radical (unpaired) electrons. The van der Waals surface area contributed by atoms with Crippen molar-refractivity contribution in [2.24, 2.45) is 5.92 Å². The molecule has 0 aliphatic rings. The molecule has 0 N–H and O–H groups in total. The molecule has 0 bridgehead atoms. The predicted octanol–water partition coefficient (Wildman–Crippen LogP) is 3.41. The summed E-state index contributed by atoms with van der Waals surface area (Å²) in [7, 11) is 0. The molecule has 0 amide bonds. The SMILES string of the molecule is CCC(C)C(C)(C)c1ccccn1. The van der Waals surface area contributed by atoms with Crippen molar-refractivity contribution in [3.8, 4) is 0 Å². The molecule has 0 fully saturated rings. The van der Waals surface area contributed by atoms with Crippen molar-refractivity contribution >= 4 is 0 Å². The van der Waals surface area contributed by atoms with Crippen molar-refractivity contribution < 1.29 is 0 Å². The van der Waals surface area contributed by atoms with Crippen LogP contribution in [0.3, 0.4) is 0 Å². The molecule has 0 aliphatic carbocycles. The van der Waals surface area contributed by atoms with Crippen molar-refractivity contribution in [3.63, 3.8) is 0 Å². The summed E-state index contributed by atoms with van der Waals surface area (Å²) in [6, 6.07) is 6.15. The molecule has 1 unspecified atom stereocenters. The van der Waals surface area contributed by atoms with E-state index in [0.29, 0.717) is 5.92 Å². The van der Waals surface area contributed by atoms with E-state index in [-0.39, 0.29) is 5.41 Å². The van der Waals surface area contributed by atoms with Gasteiger partial charge >= 0.3 is 0 Å². The van der Waals surface area contributed by atoms with Crippen molar-refractivity contribution in [3.05, 3.63) is 30.1 Å². The Morgan fingerprint density at radius 1 is 1.38 bits per heavy atom. The van der Waals surface area contributed by atoms with E-state index < -0.39 is 0 Å². The number of hydrogen-bond acceptors (Lipinski definition) is 1. The van der Waals surface area contributed by atoms with E-state index in [4.69, 9.17) is 0 Å².